The molecule has 0 aliphatic carbocycles. The van der Waals surface area contributed by atoms with Crippen molar-refractivity contribution in [2.24, 2.45) is 5.10 Å². The van der Waals surface area contributed by atoms with Gasteiger partial charge in [-0.15, -0.1) is 0 Å². The highest BCUT2D eigenvalue weighted by molar-refractivity contribution is 7.99. The summed E-state index contributed by atoms with van der Waals surface area (Å²) in [4.78, 5) is 1.14. The van der Waals surface area contributed by atoms with Crippen molar-refractivity contribution in [1.82, 2.24) is 10.7 Å². The van der Waals surface area contributed by atoms with Crippen LogP contribution in [0.2, 0.25) is 0 Å². The Morgan fingerprint density at radius 3 is 2.70 bits per heavy atom. The predicted octanol–water partition coefficient (Wildman–Crippen LogP) is 3.17. The normalized spacial score (nSPS) is 10.7. The topological polar surface area (TPSA) is 49.6 Å². The number of thiocarbonyl (C=S) groups is 1. The van der Waals surface area contributed by atoms with Crippen molar-refractivity contribution in [2.45, 2.75) is 16.9 Å². The Kier molecular flexibility index (Phi) is 5.20. The Hall–Kier alpha value is -1.79. The maximum atomic E-state index is 5.64. The lowest BCUT2D eigenvalue weighted by molar-refractivity contribution is 0.469. The zero-order valence-corrected chi connectivity index (χ0v) is 12.8. The summed E-state index contributed by atoms with van der Waals surface area (Å²) in [5, 5.41) is 8.01. The Bertz CT molecular complexity index is 605. The highest BCUT2D eigenvalue weighted by atomic mass is 32.2. The Labute approximate surface area is 127 Å². The first-order valence-corrected chi connectivity index (χ1v) is 7.25. The molecule has 20 heavy (non-hydrogen) atoms. The van der Waals surface area contributed by atoms with Crippen LogP contribution in [-0.2, 0) is 0 Å². The van der Waals surface area contributed by atoms with Gasteiger partial charge in [0.05, 0.1) is 6.21 Å². The molecule has 0 amide bonds. The Morgan fingerprint density at radius 1 is 1.25 bits per heavy atom. The molecule has 0 bridgehead atoms. The smallest absolute Gasteiger partial charge is 0.186 e. The van der Waals surface area contributed by atoms with Gasteiger partial charge in [0.1, 0.15) is 5.76 Å². The molecule has 0 fully saturated rings. The van der Waals surface area contributed by atoms with E-state index in [9.17, 15) is 0 Å². The standard InChI is InChI=1S/C14H15N3OS2/c1-10-3-6-12(7-4-10)20-13-8-5-11(18-13)9-16-17-14(19)15-2/h3-9H,1-2H3,(H2,15,17,19)/b16-9+. The fraction of sp³-hybridized carbons (Fsp3) is 0.143. The van der Waals surface area contributed by atoms with E-state index < -0.39 is 0 Å². The maximum absolute atomic E-state index is 5.64. The average Bonchev–Trinajstić information content (AvgIpc) is 2.89. The summed E-state index contributed by atoms with van der Waals surface area (Å²) < 4.78 is 5.64. The summed E-state index contributed by atoms with van der Waals surface area (Å²) in [6.45, 7) is 2.07. The van der Waals surface area contributed by atoms with Gasteiger partial charge < -0.3 is 9.73 Å². The molecule has 1 aromatic carbocycles. The van der Waals surface area contributed by atoms with Crippen LogP contribution in [0.15, 0.2) is 55.9 Å². The van der Waals surface area contributed by atoms with Gasteiger partial charge in [0.15, 0.2) is 10.2 Å². The van der Waals surface area contributed by atoms with Crippen LogP contribution in [0.4, 0.5) is 0 Å². The minimum atomic E-state index is 0.460. The molecule has 0 aliphatic heterocycles. The number of aryl methyl sites for hydroxylation is 1. The molecular formula is C14H15N3OS2. The van der Waals surface area contributed by atoms with Crippen molar-refractivity contribution in [3.63, 3.8) is 0 Å². The first-order valence-electron chi connectivity index (χ1n) is 6.02. The van der Waals surface area contributed by atoms with Crippen LogP contribution in [0.5, 0.6) is 0 Å². The number of hydrazone groups is 1. The molecule has 104 valence electrons. The van der Waals surface area contributed by atoms with E-state index in [1.165, 1.54) is 5.56 Å². The van der Waals surface area contributed by atoms with Gasteiger partial charge in [-0.3, -0.25) is 5.43 Å². The first-order chi connectivity index (χ1) is 9.67. The summed E-state index contributed by atoms with van der Waals surface area (Å²) in [7, 11) is 1.73. The second-order valence-electron chi connectivity index (χ2n) is 4.02. The van der Waals surface area contributed by atoms with Gasteiger partial charge in [0, 0.05) is 11.9 Å². The van der Waals surface area contributed by atoms with Crippen LogP contribution >= 0.6 is 24.0 Å². The van der Waals surface area contributed by atoms with Gasteiger partial charge in [0.2, 0.25) is 0 Å². The third-order valence-electron chi connectivity index (χ3n) is 2.43. The van der Waals surface area contributed by atoms with Crippen LogP contribution in [0, 0.1) is 6.92 Å². The van der Waals surface area contributed by atoms with Crippen molar-refractivity contribution in [3.05, 3.63) is 47.7 Å². The summed E-state index contributed by atoms with van der Waals surface area (Å²) in [6.07, 6.45) is 1.59. The Morgan fingerprint density at radius 2 is 2.00 bits per heavy atom. The van der Waals surface area contributed by atoms with Crippen molar-refractivity contribution in [1.29, 1.82) is 0 Å². The second-order valence-corrected chi connectivity index (χ2v) is 5.51. The lowest BCUT2D eigenvalue weighted by atomic mass is 10.2. The van der Waals surface area contributed by atoms with E-state index in [-0.39, 0.29) is 0 Å². The molecule has 6 heteroatoms. The molecule has 0 aliphatic rings. The Balaban J connectivity index is 1.95. The van der Waals surface area contributed by atoms with Gasteiger partial charge >= 0.3 is 0 Å². The number of furan rings is 1. The van der Waals surface area contributed by atoms with E-state index in [1.54, 1.807) is 25.0 Å². The van der Waals surface area contributed by atoms with Crippen molar-refractivity contribution in [3.8, 4) is 0 Å². The third-order valence-corrected chi connectivity index (χ3v) is 3.65. The fourth-order valence-corrected chi connectivity index (χ4v) is 2.22. The summed E-state index contributed by atoms with van der Waals surface area (Å²) in [6, 6.07) is 12.1. The number of hydrogen-bond acceptors (Lipinski definition) is 4. The van der Waals surface area contributed by atoms with Gasteiger partial charge in [-0.2, -0.15) is 5.10 Å². The van der Waals surface area contributed by atoms with Crippen LogP contribution < -0.4 is 10.7 Å². The number of nitrogens with one attached hydrogen (secondary N) is 2. The molecule has 2 aromatic rings. The summed E-state index contributed by atoms with van der Waals surface area (Å²) >= 11 is 6.48. The van der Waals surface area contributed by atoms with Crippen LogP contribution in [0.25, 0.3) is 0 Å². The van der Waals surface area contributed by atoms with Crippen LogP contribution in [0.3, 0.4) is 0 Å². The monoisotopic (exact) mass is 305 g/mol. The highest BCUT2D eigenvalue weighted by Gasteiger charge is 2.02. The largest absolute Gasteiger partial charge is 0.448 e. The molecule has 0 spiro atoms. The van der Waals surface area contributed by atoms with Gasteiger partial charge in [-0.25, -0.2) is 0 Å². The van der Waals surface area contributed by atoms with E-state index >= 15 is 0 Å². The number of rotatable bonds is 4. The predicted molar refractivity (Wildman–Crippen MR) is 86.4 cm³/mol. The molecule has 4 nitrogen and oxygen atoms in total. The zero-order valence-electron chi connectivity index (χ0n) is 11.2. The van der Waals surface area contributed by atoms with E-state index in [0.29, 0.717) is 10.9 Å². The SMILES string of the molecule is CNC(=S)N/N=C/c1ccc(Sc2ccc(C)cc2)o1. The second kappa shape index (κ2) is 7.12. The van der Waals surface area contributed by atoms with Gasteiger partial charge in [0.25, 0.3) is 0 Å². The number of hydrogen-bond donors (Lipinski definition) is 2. The molecule has 0 saturated heterocycles. The van der Waals surface area contributed by atoms with E-state index in [2.05, 4.69) is 47.0 Å². The van der Waals surface area contributed by atoms with Gasteiger partial charge in [-0.05, 0) is 43.4 Å². The fourth-order valence-electron chi connectivity index (χ4n) is 1.39. The number of benzene rings is 1. The molecule has 2 rings (SSSR count). The van der Waals surface area contributed by atoms with Crippen LogP contribution in [-0.4, -0.2) is 18.4 Å². The van der Waals surface area contributed by atoms with Crippen LogP contribution in [0.1, 0.15) is 11.3 Å². The van der Waals surface area contributed by atoms with Gasteiger partial charge in [-0.1, -0.05) is 29.5 Å². The average molecular weight is 305 g/mol. The van der Waals surface area contributed by atoms with Crippen molar-refractivity contribution in [2.75, 3.05) is 7.05 Å². The van der Waals surface area contributed by atoms with E-state index in [1.807, 2.05) is 12.1 Å². The molecule has 1 aromatic heterocycles. The minimum Gasteiger partial charge on any atom is -0.448 e. The maximum Gasteiger partial charge on any atom is 0.186 e. The molecule has 0 atom stereocenters. The van der Waals surface area contributed by atoms with E-state index in [4.69, 9.17) is 16.6 Å². The van der Waals surface area contributed by atoms with E-state index in [0.717, 1.165) is 9.99 Å². The quantitative estimate of drug-likeness (QED) is 0.516. The molecular weight excluding hydrogens is 290 g/mol. The molecule has 2 N–H and O–H groups in total. The molecule has 1 heterocycles. The highest BCUT2D eigenvalue weighted by Crippen LogP contribution is 2.28. The van der Waals surface area contributed by atoms with Crippen molar-refractivity contribution >= 4 is 35.3 Å². The summed E-state index contributed by atoms with van der Waals surface area (Å²) in [5.41, 5.74) is 3.91. The lowest BCUT2D eigenvalue weighted by Gasteiger charge is -1.99. The lowest BCUT2D eigenvalue weighted by Crippen LogP contribution is -2.28. The molecule has 0 radical (unpaired) electrons. The molecule has 0 unspecified atom stereocenters. The third kappa shape index (κ3) is 4.40. The minimum absolute atomic E-state index is 0.460. The zero-order chi connectivity index (χ0) is 14.4. The number of nitrogens with zero attached hydrogens (tertiary/aromatic N) is 1. The molecule has 0 saturated carbocycles. The first kappa shape index (κ1) is 14.6. The van der Waals surface area contributed by atoms with Crippen molar-refractivity contribution < 1.29 is 4.42 Å². The summed E-state index contributed by atoms with van der Waals surface area (Å²) in [5.74, 6) is 0.672.